The number of ether oxygens (including phenoxy) is 1. The van der Waals surface area contributed by atoms with Crippen molar-refractivity contribution in [2.75, 3.05) is 80.8 Å². The van der Waals surface area contributed by atoms with E-state index >= 15 is 0 Å². The minimum absolute atomic E-state index is 0.0950. The first-order valence-corrected chi connectivity index (χ1v) is 12.8. The van der Waals surface area contributed by atoms with E-state index in [1.807, 2.05) is 12.1 Å². The van der Waals surface area contributed by atoms with Crippen LogP contribution in [0.4, 0.5) is 23.0 Å². The molecule has 0 atom stereocenters. The maximum absolute atomic E-state index is 12.8. The zero-order valence-corrected chi connectivity index (χ0v) is 21.4. The van der Waals surface area contributed by atoms with Gasteiger partial charge in [-0.2, -0.15) is 0 Å². The van der Waals surface area contributed by atoms with E-state index in [1.165, 1.54) is 6.33 Å². The molecule has 4 heterocycles. The Hall–Kier alpha value is -3.86. The summed E-state index contributed by atoms with van der Waals surface area (Å²) in [6.07, 6.45) is 5.12. The van der Waals surface area contributed by atoms with Gasteiger partial charge in [0.05, 0.1) is 23.4 Å². The molecule has 2 amide bonds. The van der Waals surface area contributed by atoms with Crippen LogP contribution in [-0.2, 0) is 9.59 Å². The van der Waals surface area contributed by atoms with Crippen LogP contribution < -0.4 is 25.6 Å². The van der Waals surface area contributed by atoms with Crippen LogP contribution in [0.1, 0.15) is 24.8 Å². The third-order valence-electron chi connectivity index (χ3n) is 6.99. The molecule has 5 rings (SSSR count). The Balaban J connectivity index is 1.46. The molecular formula is C26H34N8O3. The molecule has 0 radical (unpaired) electrons. The molecule has 3 aliphatic heterocycles. The van der Waals surface area contributed by atoms with Gasteiger partial charge in [-0.15, -0.1) is 0 Å². The predicted octanol–water partition coefficient (Wildman–Crippen LogP) is 2.07. The van der Waals surface area contributed by atoms with Gasteiger partial charge in [0.15, 0.2) is 0 Å². The van der Waals surface area contributed by atoms with Gasteiger partial charge in [-0.25, -0.2) is 9.97 Å². The fraction of sp³-hybridized carbons (Fsp3) is 0.462. The van der Waals surface area contributed by atoms with Gasteiger partial charge in [0.25, 0.3) is 5.91 Å². The Labute approximate surface area is 216 Å². The number of amides is 2. The van der Waals surface area contributed by atoms with Gasteiger partial charge in [0.1, 0.15) is 23.7 Å². The largest absolute Gasteiger partial charge is 0.491 e. The number of carbonyl (C=O) groups excluding carboxylic acids is 2. The summed E-state index contributed by atoms with van der Waals surface area (Å²) in [6, 6.07) is 6.04. The zero-order valence-electron chi connectivity index (χ0n) is 21.4. The number of fused-ring (bicyclic) bond motifs is 2. The van der Waals surface area contributed by atoms with E-state index in [-0.39, 0.29) is 11.8 Å². The van der Waals surface area contributed by atoms with Crippen LogP contribution in [0.2, 0.25) is 0 Å². The summed E-state index contributed by atoms with van der Waals surface area (Å²) in [5, 5.41) is 9.35. The smallest absolute Gasteiger partial charge is 0.259 e. The summed E-state index contributed by atoms with van der Waals surface area (Å²) in [5.74, 6) is 1.65. The molecular weight excluding hydrogens is 472 g/mol. The van der Waals surface area contributed by atoms with Crippen molar-refractivity contribution in [2.45, 2.75) is 19.3 Å². The second-order valence-electron chi connectivity index (χ2n) is 9.62. The number of nitrogens with zero attached hydrogens (tertiary/aromatic N) is 5. The fourth-order valence-electron chi connectivity index (χ4n) is 4.70. The van der Waals surface area contributed by atoms with E-state index in [2.05, 4.69) is 48.8 Å². The Morgan fingerprint density at radius 1 is 0.973 bits per heavy atom. The highest BCUT2D eigenvalue weighted by Crippen LogP contribution is 2.36. The molecule has 11 nitrogen and oxygen atoms in total. The number of hydrogen-bond acceptors (Lipinski definition) is 9. The third kappa shape index (κ3) is 5.61. The molecule has 2 bridgehead atoms. The maximum atomic E-state index is 12.8. The quantitative estimate of drug-likeness (QED) is 0.535. The Bertz CT molecular complexity index is 1190. The van der Waals surface area contributed by atoms with Crippen molar-refractivity contribution >= 4 is 40.4 Å². The molecule has 0 aliphatic carbocycles. The highest BCUT2D eigenvalue weighted by molar-refractivity contribution is 6.32. The van der Waals surface area contributed by atoms with Gasteiger partial charge in [0.2, 0.25) is 5.91 Å². The topological polar surface area (TPSA) is 115 Å². The Kier molecular flexibility index (Phi) is 7.40. The number of aromatic nitrogens is 2. The van der Waals surface area contributed by atoms with E-state index < -0.39 is 0 Å². The van der Waals surface area contributed by atoms with Gasteiger partial charge in [-0.3, -0.25) is 9.59 Å². The lowest BCUT2D eigenvalue weighted by atomic mass is 10.1. The second-order valence-corrected chi connectivity index (χ2v) is 9.62. The van der Waals surface area contributed by atoms with Crippen molar-refractivity contribution in [3.63, 3.8) is 0 Å². The highest BCUT2D eigenvalue weighted by atomic mass is 16.5. The SMILES string of the molecule is CN1CCN(c2ccc3cc2OCCCCC(=O)N(C)CCNc2ncnc4c2/C(=C/N3)C(=O)N4)CC1. The lowest BCUT2D eigenvalue weighted by Crippen LogP contribution is -2.44. The van der Waals surface area contributed by atoms with Gasteiger partial charge in [-0.1, -0.05) is 0 Å². The van der Waals surface area contributed by atoms with Crippen LogP contribution in [0, 0.1) is 0 Å². The van der Waals surface area contributed by atoms with Gasteiger partial charge in [-0.05, 0) is 32.0 Å². The van der Waals surface area contributed by atoms with Crippen LogP contribution in [0.5, 0.6) is 5.75 Å². The maximum Gasteiger partial charge on any atom is 0.259 e. The van der Waals surface area contributed by atoms with Crippen LogP contribution in [0.3, 0.4) is 0 Å². The van der Waals surface area contributed by atoms with Crippen molar-refractivity contribution in [2.24, 2.45) is 0 Å². The van der Waals surface area contributed by atoms with E-state index in [9.17, 15) is 9.59 Å². The normalized spacial score (nSPS) is 20.9. The summed E-state index contributed by atoms with van der Waals surface area (Å²) in [5.41, 5.74) is 2.92. The average molecular weight is 507 g/mol. The van der Waals surface area contributed by atoms with Gasteiger partial charge >= 0.3 is 0 Å². The second kappa shape index (κ2) is 11.0. The van der Waals surface area contributed by atoms with Crippen molar-refractivity contribution < 1.29 is 14.3 Å². The minimum Gasteiger partial charge on any atom is -0.491 e. The number of likely N-dealkylation sites (N-methyl/N-ethyl adjacent to an activating group) is 2. The molecule has 0 spiro atoms. The van der Waals surface area contributed by atoms with Crippen LogP contribution in [0.25, 0.3) is 5.57 Å². The van der Waals surface area contributed by atoms with Crippen molar-refractivity contribution in [1.82, 2.24) is 19.8 Å². The summed E-state index contributed by atoms with van der Waals surface area (Å²) in [7, 11) is 3.94. The lowest BCUT2D eigenvalue weighted by Gasteiger charge is -2.35. The standard InChI is InChI=1S/C26H34N8O3/c1-32-10-12-34(13-11-32)20-7-6-18-15-21(20)37-14-4-3-5-22(35)33(2)9-8-27-24-23-19(16-28-18)26(36)31-25(23)30-17-29-24/h6-7,15-17,28H,3-5,8-14H2,1-2H3,(H2,27,29,30,31,36)/b19-16-. The molecule has 0 unspecified atom stereocenters. The molecule has 1 fully saturated rings. The first-order valence-electron chi connectivity index (χ1n) is 12.8. The molecule has 3 aliphatic rings. The van der Waals surface area contributed by atoms with E-state index in [4.69, 9.17) is 4.74 Å². The molecule has 1 aromatic heterocycles. The number of anilines is 4. The van der Waals surface area contributed by atoms with Crippen LogP contribution >= 0.6 is 0 Å². The first kappa shape index (κ1) is 24.8. The number of hydrogen-bond donors (Lipinski definition) is 3. The van der Waals surface area contributed by atoms with E-state index in [1.54, 1.807) is 18.1 Å². The monoisotopic (exact) mass is 506 g/mol. The number of piperazine rings is 1. The fourth-order valence-corrected chi connectivity index (χ4v) is 4.70. The molecule has 1 saturated heterocycles. The molecule has 0 saturated carbocycles. The molecule has 1 aromatic carbocycles. The van der Waals surface area contributed by atoms with Crippen LogP contribution in [0.15, 0.2) is 30.7 Å². The zero-order chi connectivity index (χ0) is 25.8. The molecule has 196 valence electrons. The highest BCUT2D eigenvalue weighted by Gasteiger charge is 2.29. The number of carbonyl (C=O) groups is 2. The van der Waals surface area contributed by atoms with Crippen molar-refractivity contribution in [3.8, 4) is 5.75 Å². The summed E-state index contributed by atoms with van der Waals surface area (Å²) in [4.78, 5) is 40.3. The van der Waals surface area contributed by atoms with Crippen molar-refractivity contribution in [3.05, 3.63) is 36.3 Å². The van der Waals surface area contributed by atoms with Crippen LogP contribution in [-0.4, -0.2) is 91.6 Å². The lowest BCUT2D eigenvalue weighted by molar-refractivity contribution is -0.129. The minimum atomic E-state index is -0.252. The summed E-state index contributed by atoms with van der Waals surface area (Å²) < 4.78 is 6.26. The number of benzene rings is 1. The average Bonchev–Trinajstić information content (AvgIpc) is 3.22. The predicted molar refractivity (Wildman–Crippen MR) is 144 cm³/mol. The van der Waals surface area contributed by atoms with Gasteiger partial charge < -0.3 is 35.4 Å². The number of nitrogens with one attached hydrogen (secondary N) is 3. The van der Waals surface area contributed by atoms with Crippen molar-refractivity contribution in [1.29, 1.82) is 0 Å². The molecule has 11 heteroatoms. The Morgan fingerprint density at radius 2 is 1.78 bits per heavy atom. The summed E-state index contributed by atoms with van der Waals surface area (Å²) >= 11 is 0. The third-order valence-corrected chi connectivity index (χ3v) is 6.99. The Morgan fingerprint density at radius 3 is 2.62 bits per heavy atom. The van der Waals surface area contributed by atoms with E-state index in [0.717, 1.165) is 56.1 Å². The molecule has 37 heavy (non-hydrogen) atoms. The van der Waals surface area contributed by atoms with Gasteiger partial charge in [0, 0.05) is 70.7 Å². The summed E-state index contributed by atoms with van der Waals surface area (Å²) in [6.45, 7) is 5.39. The number of rotatable bonds is 1. The first-order chi connectivity index (χ1) is 18.0. The molecule has 2 aromatic rings. The van der Waals surface area contributed by atoms with E-state index in [0.29, 0.717) is 48.9 Å². The molecule has 3 N–H and O–H groups in total.